The van der Waals surface area contributed by atoms with E-state index in [-0.39, 0.29) is 23.7 Å². The Morgan fingerprint density at radius 3 is 2.44 bits per heavy atom. The molecule has 0 saturated carbocycles. The van der Waals surface area contributed by atoms with Gasteiger partial charge in [-0.25, -0.2) is 8.42 Å². The van der Waals surface area contributed by atoms with E-state index in [2.05, 4.69) is 20.4 Å². The number of nitrogens with one attached hydrogen (secondary N) is 1. The van der Waals surface area contributed by atoms with Gasteiger partial charge in [0.15, 0.2) is 0 Å². The number of hydrogen-bond donors (Lipinski definition) is 1. The van der Waals surface area contributed by atoms with Crippen molar-refractivity contribution >= 4 is 21.6 Å². The van der Waals surface area contributed by atoms with Crippen LogP contribution in [0.3, 0.4) is 0 Å². The van der Waals surface area contributed by atoms with Crippen LogP contribution >= 0.6 is 0 Å². The van der Waals surface area contributed by atoms with Crippen molar-refractivity contribution in [2.24, 2.45) is 0 Å². The second-order valence-corrected chi connectivity index (χ2v) is 10.7. The van der Waals surface area contributed by atoms with E-state index >= 15 is 0 Å². The minimum absolute atomic E-state index is 0.0213. The maximum absolute atomic E-state index is 13.2. The molecule has 1 aromatic carbocycles. The normalized spacial score (nSPS) is 24.9. The van der Waals surface area contributed by atoms with E-state index in [4.69, 9.17) is 4.42 Å². The summed E-state index contributed by atoms with van der Waals surface area (Å²) < 4.78 is 33.7. The molecular weight excluding hydrogens is 432 g/mol. The van der Waals surface area contributed by atoms with Crippen LogP contribution in [0.4, 0.5) is 5.69 Å². The molecule has 11 heteroatoms. The molecule has 5 rings (SSSR count). The topological polar surface area (TPSA) is 112 Å². The number of hydrogen-bond acceptors (Lipinski definition) is 8. The molecule has 2 atom stereocenters. The van der Waals surface area contributed by atoms with Crippen LogP contribution in [0, 0.1) is 0 Å². The summed E-state index contributed by atoms with van der Waals surface area (Å²) in [6.07, 6.45) is 2.31. The fourth-order valence-electron chi connectivity index (χ4n) is 4.69. The number of piperazine rings is 1. The molecular formula is C21H28N6O4S. The van der Waals surface area contributed by atoms with Crippen LogP contribution in [0.25, 0.3) is 0 Å². The monoisotopic (exact) mass is 460 g/mol. The Kier molecular flexibility index (Phi) is 5.87. The molecule has 2 unspecified atom stereocenters. The number of likely N-dealkylation sites (tertiary alicyclic amines) is 1. The molecule has 0 aliphatic carbocycles. The third-order valence-corrected chi connectivity index (χ3v) is 8.83. The lowest BCUT2D eigenvalue weighted by atomic mass is 10.2. The number of anilines is 1. The minimum atomic E-state index is -3.45. The number of amides is 1. The van der Waals surface area contributed by atoms with E-state index in [0.717, 1.165) is 18.5 Å². The number of rotatable bonds is 5. The Bertz CT molecular complexity index is 1050. The highest BCUT2D eigenvalue weighted by Gasteiger charge is 2.41. The minimum Gasteiger partial charge on any atom is -0.415 e. The van der Waals surface area contributed by atoms with Gasteiger partial charge >= 0.3 is 11.8 Å². The molecule has 32 heavy (non-hydrogen) atoms. The zero-order valence-corrected chi connectivity index (χ0v) is 18.7. The Balaban J connectivity index is 1.19. The molecule has 2 aromatic rings. The summed E-state index contributed by atoms with van der Waals surface area (Å²) in [6, 6.07) is 9.68. The second kappa shape index (κ2) is 8.80. The van der Waals surface area contributed by atoms with E-state index in [1.165, 1.54) is 0 Å². The van der Waals surface area contributed by atoms with Gasteiger partial charge in [0.2, 0.25) is 15.9 Å². The van der Waals surface area contributed by atoms with Gasteiger partial charge in [-0.3, -0.25) is 4.79 Å². The van der Waals surface area contributed by atoms with Crippen LogP contribution in [0.2, 0.25) is 0 Å². The molecule has 3 saturated heterocycles. The lowest BCUT2D eigenvalue weighted by Gasteiger charge is -2.36. The average molecular weight is 461 g/mol. The van der Waals surface area contributed by atoms with Gasteiger partial charge in [0.1, 0.15) is 0 Å². The molecule has 1 aromatic heterocycles. The molecule has 172 valence electrons. The number of nitrogens with zero attached hydrogens (tertiary/aromatic N) is 5. The van der Waals surface area contributed by atoms with E-state index in [9.17, 15) is 13.2 Å². The lowest BCUT2D eigenvalue weighted by Crippen LogP contribution is -2.51. The molecule has 1 N–H and O–H groups in total. The summed E-state index contributed by atoms with van der Waals surface area (Å²) in [5, 5.41) is 10.6. The largest absolute Gasteiger partial charge is 0.415 e. The van der Waals surface area contributed by atoms with Crippen molar-refractivity contribution in [3.05, 3.63) is 42.1 Å². The van der Waals surface area contributed by atoms with E-state index in [1.54, 1.807) is 9.21 Å². The summed E-state index contributed by atoms with van der Waals surface area (Å²) in [6.45, 7) is 3.99. The fourth-order valence-corrected chi connectivity index (χ4v) is 6.52. The molecule has 0 bridgehead atoms. The first-order valence-corrected chi connectivity index (χ1v) is 12.7. The number of sulfonamides is 1. The Morgan fingerprint density at radius 1 is 1.00 bits per heavy atom. The predicted molar refractivity (Wildman–Crippen MR) is 118 cm³/mol. The predicted octanol–water partition coefficient (Wildman–Crippen LogP) is 0.861. The van der Waals surface area contributed by atoms with Crippen molar-refractivity contribution in [3.63, 3.8) is 0 Å². The van der Waals surface area contributed by atoms with Crippen molar-refractivity contribution < 1.29 is 17.6 Å². The van der Waals surface area contributed by atoms with Gasteiger partial charge in [-0.05, 0) is 31.4 Å². The smallest absolute Gasteiger partial charge is 0.311 e. The summed E-state index contributed by atoms with van der Waals surface area (Å²) in [5.74, 6) is 0.00545. The van der Waals surface area contributed by atoms with Crippen molar-refractivity contribution in [3.8, 4) is 0 Å². The van der Waals surface area contributed by atoms with Gasteiger partial charge in [0.25, 0.3) is 0 Å². The standard InChI is InChI=1S/C21H28N6O4S/c28-21(26-8-4-5-9-26)20-24-23-19(31-20)18-14-17(15-22-18)32(29,30)27-12-10-25(11-13-27)16-6-2-1-3-7-16/h1-3,6-7,17-18,22H,4-5,8-15H2. The molecule has 3 aliphatic heterocycles. The SMILES string of the molecule is O=C(c1nnc(C2CC(S(=O)(=O)N3CCN(c4ccccc4)CC3)CN2)o1)N1CCCC1. The van der Waals surface area contributed by atoms with Gasteiger partial charge in [0, 0.05) is 51.5 Å². The first-order chi connectivity index (χ1) is 15.5. The van der Waals surface area contributed by atoms with Crippen molar-refractivity contribution in [1.29, 1.82) is 0 Å². The fraction of sp³-hybridized carbons (Fsp3) is 0.571. The molecule has 0 spiro atoms. The van der Waals surface area contributed by atoms with E-state index < -0.39 is 15.3 Å². The molecule has 0 radical (unpaired) electrons. The first kappa shape index (κ1) is 21.4. The van der Waals surface area contributed by atoms with Crippen LogP contribution < -0.4 is 10.2 Å². The van der Waals surface area contributed by atoms with Crippen LogP contribution in [-0.4, -0.2) is 84.8 Å². The number of carbonyl (C=O) groups excluding carboxylic acids is 1. The van der Waals surface area contributed by atoms with Crippen molar-refractivity contribution in [1.82, 2.24) is 24.7 Å². The van der Waals surface area contributed by atoms with Gasteiger partial charge < -0.3 is 19.5 Å². The zero-order chi connectivity index (χ0) is 22.1. The van der Waals surface area contributed by atoms with Crippen LogP contribution in [0.5, 0.6) is 0 Å². The van der Waals surface area contributed by atoms with Gasteiger partial charge in [-0.2, -0.15) is 4.31 Å². The molecule has 3 fully saturated rings. The number of benzene rings is 1. The number of aromatic nitrogens is 2. The highest BCUT2D eigenvalue weighted by atomic mass is 32.2. The highest BCUT2D eigenvalue weighted by Crippen LogP contribution is 2.29. The number of para-hydroxylation sites is 1. The van der Waals surface area contributed by atoms with Crippen LogP contribution in [0.1, 0.15) is 41.9 Å². The van der Waals surface area contributed by atoms with Gasteiger partial charge in [-0.1, -0.05) is 18.2 Å². The molecule has 1 amide bonds. The van der Waals surface area contributed by atoms with Crippen molar-refractivity contribution in [2.45, 2.75) is 30.6 Å². The molecule has 10 nitrogen and oxygen atoms in total. The van der Waals surface area contributed by atoms with Crippen LogP contribution in [-0.2, 0) is 10.0 Å². The van der Waals surface area contributed by atoms with Gasteiger partial charge in [-0.15, -0.1) is 10.2 Å². The molecule has 4 heterocycles. The summed E-state index contributed by atoms with van der Waals surface area (Å²) >= 11 is 0. The zero-order valence-electron chi connectivity index (χ0n) is 17.9. The molecule has 3 aliphatic rings. The maximum Gasteiger partial charge on any atom is 0.311 e. The lowest BCUT2D eigenvalue weighted by molar-refractivity contribution is 0.0750. The Labute approximate surface area is 187 Å². The van der Waals surface area contributed by atoms with Crippen LogP contribution in [0.15, 0.2) is 34.7 Å². The average Bonchev–Trinajstić information content (AvgIpc) is 3.60. The summed E-state index contributed by atoms with van der Waals surface area (Å²) in [4.78, 5) is 16.4. The van der Waals surface area contributed by atoms with E-state index in [0.29, 0.717) is 52.2 Å². The third-order valence-electron chi connectivity index (χ3n) is 6.55. The second-order valence-electron chi connectivity index (χ2n) is 8.53. The first-order valence-electron chi connectivity index (χ1n) is 11.2. The quantitative estimate of drug-likeness (QED) is 0.699. The summed E-state index contributed by atoms with van der Waals surface area (Å²) in [5.41, 5.74) is 1.11. The maximum atomic E-state index is 13.2. The Morgan fingerprint density at radius 2 is 1.72 bits per heavy atom. The van der Waals surface area contributed by atoms with E-state index in [1.807, 2.05) is 30.3 Å². The van der Waals surface area contributed by atoms with Crippen molar-refractivity contribution in [2.75, 3.05) is 50.7 Å². The third kappa shape index (κ3) is 4.12. The summed E-state index contributed by atoms with van der Waals surface area (Å²) in [7, 11) is -3.45. The Hall–Kier alpha value is -2.50. The van der Waals surface area contributed by atoms with Gasteiger partial charge in [0.05, 0.1) is 11.3 Å². The number of carbonyl (C=O) groups is 1. The highest BCUT2D eigenvalue weighted by molar-refractivity contribution is 7.89.